The molecule has 0 fully saturated rings. The average Bonchev–Trinajstić information content (AvgIpc) is 2.99. The molecule has 3 rings (SSSR count). The van der Waals surface area contributed by atoms with Crippen molar-refractivity contribution >= 4 is 50.7 Å². The van der Waals surface area contributed by atoms with Gasteiger partial charge >= 0.3 is 11.7 Å². The molecule has 27 heavy (non-hydrogen) atoms. The zero-order chi connectivity index (χ0) is 19.7. The summed E-state index contributed by atoms with van der Waals surface area (Å²) in [5.74, 6) is -1.41. The maximum absolute atomic E-state index is 12.2. The predicted molar refractivity (Wildman–Crippen MR) is 103 cm³/mol. The van der Waals surface area contributed by atoms with E-state index in [-0.39, 0.29) is 15.7 Å². The highest BCUT2D eigenvalue weighted by Crippen LogP contribution is 2.35. The fourth-order valence-corrected chi connectivity index (χ4v) is 3.78. The smallest absolute Gasteiger partial charge is 0.350 e. The number of hydrogen-bond acceptors (Lipinski definition) is 6. The Bertz CT molecular complexity index is 1180. The normalized spacial score (nSPS) is 10.8. The Morgan fingerprint density at radius 2 is 1.89 bits per heavy atom. The van der Waals surface area contributed by atoms with Gasteiger partial charge in [0.05, 0.1) is 5.02 Å². The number of fused-ring (bicyclic) bond motifs is 1. The number of aromatic nitrogens is 2. The highest BCUT2D eigenvalue weighted by atomic mass is 35.5. The zero-order valence-corrected chi connectivity index (χ0v) is 15.9. The lowest BCUT2D eigenvalue weighted by molar-refractivity contribution is -0.119. The third-order valence-corrected chi connectivity index (χ3v) is 5.50. The zero-order valence-electron chi connectivity index (χ0n) is 14.3. The van der Waals surface area contributed by atoms with Crippen LogP contribution in [0.25, 0.3) is 10.1 Å². The molecule has 1 aromatic carbocycles. The first-order chi connectivity index (χ1) is 12.8. The summed E-state index contributed by atoms with van der Waals surface area (Å²) in [6, 6.07) is 8.34. The van der Waals surface area contributed by atoms with Crippen LogP contribution >= 0.6 is 22.9 Å². The molecule has 1 N–H and O–H groups in total. The summed E-state index contributed by atoms with van der Waals surface area (Å²) in [5, 5.41) is 3.38. The van der Waals surface area contributed by atoms with Crippen molar-refractivity contribution in [3.8, 4) is 0 Å². The first-order valence-corrected chi connectivity index (χ1v) is 8.90. The third-order valence-electron chi connectivity index (χ3n) is 3.85. The number of amides is 1. The number of benzene rings is 1. The number of carbonyl (C=O) groups is 2. The van der Waals surface area contributed by atoms with E-state index in [9.17, 15) is 19.2 Å². The molecule has 0 radical (unpaired) electrons. The monoisotopic (exact) mass is 407 g/mol. The van der Waals surface area contributed by atoms with Gasteiger partial charge in [0.1, 0.15) is 10.7 Å². The van der Waals surface area contributed by atoms with Crippen molar-refractivity contribution in [3.63, 3.8) is 0 Å². The molecule has 1 amide bonds. The van der Waals surface area contributed by atoms with Crippen LogP contribution in [0.4, 0.5) is 5.82 Å². The summed E-state index contributed by atoms with van der Waals surface area (Å²) in [4.78, 5) is 48.0. The van der Waals surface area contributed by atoms with Crippen LogP contribution in [0.3, 0.4) is 0 Å². The van der Waals surface area contributed by atoms with Gasteiger partial charge in [-0.15, -0.1) is 11.3 Å². The number of halogens is 1. The summed E-state index contributed by atoms with van der Waals surface area (Å²) >= 11 is 7.37. The number of nitrogens with one attached hydrogen (secondary N) is 1. The summed E-state index contributed by atoms with van der Waals surface area (Å²) < 4.78 is 7.83. The molecule has 0 bridgehead atoms. The maximum Gasteiger partial charge on any atom is 0.350 e. The number of nitrogens with zero attached hydrogens (tertiary/aromatic N) is 2. The van der Waals surface area contributed by atoms with Gasteiger partial charge in [0.2, 0.25) is 0 Å². The van der Waals surface area contributed by atoms with Crippen LogP contribution in [0.1, 0.15) is 9.67 Å². The molecule has 0 aliphatic rings. The highest BCUT2D eigenvalue weighted by Gasteiger charge is 2.19. The Kier molecular flexibility index (Phi) is 5.15. The van der Waals surface area contributed by atoms with Crippen LogP contribution in [-0.4, -0.2) is 27.6 Å². The molecule has 0 spiro atoms. The van der Waals surface area contributed by atoms with E-state index >= 15 is 0 Å². The van der Waals surface area contributed by atoms with Crippen molar-refractivity contribution in [1.82, 2.24) is 9.13 Å². The minimum absolute atomic E-state index is 0.00374. The molecular formula is C17H14ClN3O5S. The molecule has 0 unspecified atom stereocenters. The lowest BCUT2D eigenvalue weighted by Crippen LogP contribution is -2.38. The van der Waals surface area contributed by atoms with Gasteiger partial charge in [-0.1, -0.05) is 29.8 Å². The number of esters is 1. The van der Waals surface area contributed by atoms with E-state index in [1.54, 1.807) is 12.1 Å². The van der Waals surface area contributed by atoms with Gasteiger partial charge in [0.15, 0.2) is 6.61 Å². The van der Waals surface area contributed by atoms with Crippen molar-refractivity contribution in [2.24, 2.45) is 14.1 Å². The number of ether oxygens (including phenoxy) is 1. The van der Waals surface area contributed by atoms with Crippen LogP contribution in [0.15, 0.2) is 39.9 Å². The van der Waals surface area contributed by atoms with Crippen LogP contribution in [0.2, 0.25) is 5.02 Å². The van der Waals surface area contributed by atoms with E-state index in [0.29, 0.717) is 0 Å². The third kappa shape index (κ3) is 3.64. The molecule has 2 aromatic heterocycles. The predicted octanol–water partition coefficient (Wildman–Crippen LogP) is 1.75. The van der Waals surface area contributed by atoms with Gasteiger partial charge in [-0.05, 0) is 6.07 Å². The van der Waals surface area contributed by atoms with Crippen molar-refractivity contribution < 1.29 is 14.3 Å². The van der Waals surface area contributed by atoms with E-state index < -0.39 is 29.7 Å². The lowest BCUT2D eigenvalue weighted by atomic mass is 10.2. The van der Waals surface area contributed by atoms with E-state index in [1.807, 2.05) is 12.1 Å². The van der Waals surface area contributed by atoms with Gasteiger partial charge in [-0.25, -0.2) is 9.59 Å². The lowest BCUT2D eigenvalue weighted by Gasteiger charge is -2.10. The number of thiophene rings is 1. The summed E-state index contributed by atoms with van der Waals surface area (Å²) in [6.07, 6.45) is 0. The van der Waals surface area contributed by atoms with Crippen molar-refractivity contribution in [1.29, 1.82) is 0 Å². The van der Waals surface area contributed by atoms with Crippen LogP contribution < -0.4 is 16.6 Å². The van der Waals surface area contributed by atoms with E-state index in [1.165, 1.54) is 25.4 Å². The minimum atomic E-state index is -0.728. The molecule has 0 aliphatic carbocycles. The molecular weight excluding hydrogens is 394 g/mol. The molecule has 10 heteroatoms. The Balaban J connectivity index is 1.70. The number of anilines is 1. The second-order valence-electron chi connectivity index (χ2n) is 5.63. The molecule has 3 aromatic rings. The number of rotatable bonds is 4. The standard InChI is InChI=1S/C17H14ClN3O5S/c1-20-11(7-13(23)21(2)17(20)25)19-12(22)8-26-16(24)15-14(18)9-5-3-4-6-10(9)27-15/h3-7H,8H2,1-2H3,(H,19,22). The molecule has 0 atom stereocenters. The largest absolute Gasteiger partial charge is 0.451 e. The summed E-state index contributed by atoms with van der Waals surface area (Å²) in [5.41, 5.74) is -1.16. The van der Waals surface area contributed by atoms with Crippen LogP contribution in [0.5, 0.6) is 0 Å². The molecule has 0 saturated carbocycles. The molecule has 0 saturated heterocycles. The molecule has 140 valence electrons. The van der Waals surface area contributed by atoms with Gasteiger partial charge in [0, 0.05) is 30.2 Å². The van der Waals surface area contributed by atoms with Crippen molar-refractivity contribution in [2.75, 3.05) is 11.9 Å². The SMILES string of the molecule is Cn1c(NC(=O)COC(=O)c2sc3ccccc3c2Cl)cc(=O)n(C)c1=O. The van der Waals surface area contributed by atoms with E-state index in [2.05, 4.69) is 5.32 Å². The highest BCUT2D eigenvalue weighted by molar-refractivity contribution is 7.21. The van der Waals surface area contributed by atoms with Crippen LogP contribution in [0, 0.1) is 0 Å². The molecule has 0 aliphatic heterocycles. The Labute approximate surface area is 161 Å². The maximum atomic E-state index is 12.2. The van der Waals surface area contributed by atoms with Gasteiger partial charge < -0.3 is 10.1 Å². The fraction of sp³-hybridized carbons (Fsp3) is 0.176. The second-order valence-corrected chi connectivity index (χ2v) is 7.06. The Morgan fingerprint density at radius 3 is 2.59 bits per heavy atom. The number of carbonyl (C=O) groups excluding carboxylic acids is 2. The average molecular weight is 408 g/mol. The Morgan fingerprint density at radius 1 is 1.19 bits per heavy atom. The first kappa shape index (κ1) is 18.9. The Hall–Kier alpha value is -2.91. The summed E-state index contributed by atoms with van der Waals surface area (Å²) in [7, 11) is 2.73. The fourth-order valence-electron chi connectivity index (χ4n) is 2.37. The second kappa shape index (κ2) is 7.37. The molecule has 8 nitrogen and oxygen atoms in total. The minimum Gasteiger partial charge on any atom is -0.451 e. The van der Waals surface area contributed by atoms with E-state index in [0.717, 1.165) is 25.3 Å². The summed E-state index contributed by atoms with van der Waals surface area (Å²) in [6.45, 7) is -0.590. The van der Waals surface area contributed by atoms with Crippen molar-refractivity contribution in [2.45, 2.75) is 0 Å². The quantitative estimate of drug-likeness (QED) is 0.664. The van der Waals surface area contributed by atoms with Gasteiger partial charge in [0.25, 0.3) is 11.5 Å². The topological polar surface area (TPSA) is 99.4 Å². The van der Waals surface area contributed by atoms with Crippen molar-refractivity contribution in [3.05, 3.63) is 61.1 Å². The van der Waals surface area contributed by atoms with E-state index in [4.69, 9.17) is 16.3 Å². The van der Waals surface area contributed by atoms with Crippen LogP contribution in [-0.2, 0) is 23.6 Å². The van der Waals surface area contributed by atoms with Gasteiger partial charge in [-0.2, -0.15) is 0 Å². The first-order valence-electron chi connectivity index (χ1n) is 7.70. The molecule has 2 heterocycles. The number of hydrogen-bond donors (Lipinski definition) is 1. The van der Waals surface area contributed by atoms with Gasteiger partial charge in [-0.3, -0.25) is 18.7 Å².